The molecule has 2 rings (SSSR count). The Hall–Kier alpha value is -3.36. The molecule has 1 aromatic heterocycles. The van der Waals surface area contributed by atoms with E-state index in [1.54, 1.807) is 12.1 Å². The molecule has 0 aliphatic rings. The highest BCUT2D eigenvalue weighted by atomic mass is 16.6. The summed E-state index contributed by atoms with van der Waals surface area (Å²) in [5, 5.41) is 24.0. The highest BCUT2D eigenvalue weighted by molar-refractivity contribution is 6.04. The van der Waals surface area contributed by atoms with Gasteiger partial charge in [0.25, 0.3) is 5.91 Å². The molecule has 9 nitrogen and oxygen atoms in total. The zero-order chi connectivity index (χ0) is 15.4. The molecule has 0 atom stereocenters. The van der Waals surface area contributed by atoms with Gasteiger partial charge >= 0.3 is 11.4 Å². The van der Waals surface area contributed by atoms with Gasteiger partial charge in [0.2, 0.25) is 0 Å². The van der Waals surface area contributed by atoms with Crippen molar-refractivity contribution in [3.05, 3.63) is 68.5 Å². The number of benzene rings is 1. The van der Waals surface area contributed by atoms with Gasteiger partial charge in [0, 0.05) is 23.9 Å². The molecule has 0 bridgehead atoms. The lowest BCUT2D eigenvalue weighted by Crippen LogP contribution is -2.12. The summed E-state index contributed by atoms with van der Waals surface area (Å²) >= 11 is 0. The van der Waals surface area contributed by atoms with Crippen LogP contribution in [0, 0.1) is 20.2 Å². The predicted octanol–water partition coefficient (Wildman–Crippen LogP) is 2.15. The van der Waals surface area contributed by atoms with Crippen molar-refractivity contribution in [2.75, 3.05) is 5.32 Å². The summed E-state index contributed by atoms with van der Waals surface area (Å²) in [6, 6.07) is 6.13. The summed E-state index contributed by atoms with van der Waals surface area (Å²) in [7, 11) is 0. The Bertz CT molecular complexity index is 717. The molecule has 0 aliphatic heterocycles. The fraction of sp³-hybridized carbons (Fsp3) is 0. The van der Waals surface area contributed by atoms with Crippen molar-refractivity contribution >= 4 is 23.0 Å². The number of carbonyl (C=O) groups excluding carboxylic acids is 1. The Balaban J connectivity index is 2.32. The Labute approximate surface area is 117 Å². The number of anilines is 1. The van der Waals surface area contributed by atoms with Crippen LogP contribution in [0.3, 0.4) is 0 Å². The number of nitro groups is 2. The van der Waals surface area contributed by atoms with Crippen molar-refractivity contribution in [3.8, 4) is 0 Å². The van der Waals surface area contributed by atoms with E-state index in [9.17, 15) is 25.0 Å². The number of nitrogens with zero attached hydrogens (tertiary/aromatic N) is 3. The number of rotatable bonds is 4. The Morgan fingerprint density at radius 3 is 2.38 bits per heavy atom. The largest absolute Gasteiger partial charge is 0.346 e. The summed E-state index contributed by atoms with van der Waals surface area (Å²) in [6.07, 6.45) is 2.92. The van der Waals surface area contributed by atoms with Crippen molar-refractivity contribution in [1.29, 1.82) is 0 Å². The quantitative estimate of drug-likeness (QED) is 0.677. The molecule has 0 unspecified atom stereocenters. The van der Waals surface area contributed by atoms with E-state index in [1.165, 1.54) is 12.4 Å². The van der Waals surface area contributed by atoms with Crippen molar-refractivity contribution < 1.29 is 14.6 Å². The summed E-state index contributed by atoms with van der Waals surface area (Å²) in [5.41, 5.74) is -1.06. The Kier molecular flexibility index (Phi) is 3.84. The fourth-order valence-electron chi connectivity index (χ4n) is 1.61. The maximum absolute atomic E-state index is 11.9. The average Bonchev–Trinajstić information content (AvgIpc) is 2.47. The van der Waals surface area contributed by atoms with Crippen LogP contribution < -0.4 is 5.32 Å². The molecule has 0 fully saturated rings. The molecule has 21 heavy (non-hydrogen) atoms. The van der Waals surface area contributed by atoms with Gasteiger partial charge in [0.15, 0.2) is 0 Å². The number of nitro benzene ring substituents is 2. The number of hydrogen-bond acceptors (Lipinski definition) is 6. The summed E-state index contributed by atoms with van der Waals surface area (Å²) in [6.45, 7) is 0. The SMILES string of the molecule is O=C(Nc1cccnc1)c1ccc([N+](=O)[O-])c([N+](=O)[O-])c1. The van der Waals surface area contributed by atoms with Crippen molar-refractivity contribution in [1.82, 2.24) is 4.98 Å². The monoisotopic (exact) mass is 288 g/mol. The molecule has 0 radical (unpaired) electrons. The Morgan fingerprint density at radius 1 is 1.10 bits per heavy atom. The van der Waals surface area contributed by atoms with Crippen LogP contribution in [0.4, 0.5) is 17.1 Å². The highest BCUT2D eigenvalue weighted by Gasteiger charge is 2.25. The fourth-order valence-corrected chi connectivity index (χ4v) is 1.61. The van der Waals surface area contributed by atoms with E-state index in [0.717, 1.165) is 18.2 Å². The molecule has 2 aromatic rings. The first-order valence-electron chi connectivity index (χ1n) is 5.63. The lowest BCUT2D eigenvalue weighted by molar-refractivity contribution is -0.422. The molecule has 1 heterocycles. The topological polar surface area (TPSA) is 128 Å². The third kappa shape index (κ3) is 3.15. The molecule has 1 N–H and O–H groups in total. The van der Waals surface area contributed by atoms with Crippen LogP contribution in [0.2, 0.25) is 0 Å². The van der Waals surface area contributed by atoms with E-state index in [1.807, 2.05) is 0 Å². The number of pyridine rings is 1. The molecule has 1 aromatic carbocycles. The molecule has 9 heteroatoms. The minimum atomic E-state index is -0.904. The molecule has 0 spiro atoms. The van der Waals surface area contributed by atoms with Crippen molar-refractivity contribution in [3.63, 3.8) is 0 Å². The van der Waals surface area contributed by atoms with Crippen LogP contribution in [-0.2, 0) is 0 Å². The predicted molar refractivity (Wildman–Crippen MR) is 71.9 cm³/mol. The number of aromatic nitrogens is 1. The molecular weight excluding hydrogens is 280 g/mol. The van der Waals surface area contributed by atoms with Crippen molar-refractivity contribution in [2.45, 2.75) is 0 Å². The third-order valence-corrected chi connectivity index (χ3v) is 2.55. The van der Waals surface area contributed by atoms with E-state index < -0.39 is 27.1 Å². The second-order valence-electron chi connectivity index (χ2n) is 3.91. The molecule has 0 saturated heterocycles. The van der Waals surface area contributed by atoms with Gasteiger partial charge in [-0.05, 0) is 18.2 Å². The zero-order valence-electron chi connectivity index (χ0n) is 10.4. The average molecular weight is 288 g/mol. The number of amides is 1. The van der Waals surface area contributed by atoms with Crippen LogP contribution >= 0.6 is 0 Å². The maximum Gasteiger partial charge on any atom is 0.346 e. The van der Waals surface area contributed by atoms with Gasteiger partial charge in [-0.1, -0.05) is 0 Å². The summed E-state index contributed by atoms with van der Waals surface area (Å²) in [5.74, 6) is -0.624. The summed E-state index contributed by atoms with van der Waals surface area (Å²) in [4.78, 5) is 35.5. The van der Waals surface area contributed by atoms with Gasteiger partial charge in [-0.15, -0.1) is 0 Å². The first-order chi connectivity index (χ1) is 9.99. The molecule has 0 aliphatic carbocycles. The third-order valence-electron chi connectivity index (χ3n) is 2.55. The second-order valence-corrected chi connectivity index (χ2v) is 3.91. The smallest absolute Gasteiger partial charge is 0.321 e. The summed E-state index contributed by atoms with van der Waals surface area (Å²) < 4.78 is 0. The minimum Gasteiger partial charge on any atom is -0.321 e. The van der Waals surface area contributed by atoms with Crippen LogP contribution in [0.5, 0.6) is 0 Å². The number of nitrogens with one attached hydrogen (secondary N) is 1. The molecule has 0 saturated carbocycles. The zero-order valence-corrected chi connectivity index (χ0v) is 10.4. The maximum atomic E-state index is 11.9. The van der Waals surface area contributed by atoms with E-state index in [0.29, 0.717) is 5.69 Å². The van der Waals surface area contributed by atoms with Gasteiger partial charge in [-0.25, -0.2) is 0 Å². The van der Waals surface area contributed by atoms with Gasteiger partial charge in [-0.2, -0.15) is 0 Å². The lowest BCUT2D eigenvalue weighted by Gasteiger charge is -2.04. The second kappa shape index (κ2) is 5.74. The van der Waals surface area contributed by atoms with Crippen LogP contribution in [0.25, 0.3) is 0 Å². The lowest BCUT2D eigenvalue weighted by atomic mass is 10.1. The van der Waals surface area contributed by atoms with E-state index >= 15 is 0 Å². The van der Waals surface area contributed by atoms with Gasteiger partial charge in [0.05, 0.1) is 21.7 Å². The van der Waals surface area contributed by atoms with Gasteiger partial charge in [-0.3, -0.25) is 30.0 Å². The van der Waals surface area contributed by atoms with Crippen LogP contribution in [0.1, 0.15) is 10.4 Å². The van der Waals surface area contributed by atoms with Crippen molar-refractivity contribution in [2.24, 2.45) is 0 Å². The minimum absolute atomic E-state index is 0.0591. The molecule has 106 valence electrons. The first-order valence-corrected chi connectivity index (χ1v) is 5.63. The Morgan fingerprint density at radius 2 is 1.81 bits per heavy atom. The number of hydrogen-bond donors (Lipinski definition) is 1. The van der Waals surface area contributed by atoms with E-state index in [2.05, 4.69) is 10.3 Å². The van der Waals surface area contributed by atoms with E-state index in [-0.39, 0.29) is 5.56 Å². The van der Waals surface area contributed by atoms with Gasteiger partial charge in [0.1, 0.15) is 0 Å². The molecule has 1 amide bonds. The molecular formula is C12H8N4O5. The van der Waals surface area contributed by atoms with Crippen LogP contribution in [0.15, 0.2) is 42.7 Å². The highest BCUT2D eigenvalue weighted by Crippen LogP contribution is 2.27. The van der Waals surface area contributed by atoms with Gasteiger partial charge < -0.3 is 5.32 Å². The number of carbonyl (C=O) groups is 1. The van der Waals surface area contributed by atoms with Crippen LogP contribution in [-0.4, -0.2) is 20.7 Å². The normalized spacial score (nSPS) is 9.90. The first kappa shape index (κ1) is 14.1. The standard InChI is InChI=1S/C12H8N4O5/c17-12(14-9-2-1-5-13-7-9)8-3-4-10(15(18)19)11(6-8)16(20)21/h1-7H,(H,14,17). The van der Waals surface area contributed by atoms with E-state index in [4.69, 9.17) is 0 Å².